The van der Waals surface area contributed by atoms with Crippen molar-refractivity contribution in [3.63, 3.8) is 0 Å². The van der Waals surface area contributed by atoms with Crippen LogP contribution in [0.2, 0.25) is 0 Å². The predicted octanol–water partition coefficient (Wildman–Crippen LogP) is 0.167. The summed E-state index contributed by atoms with van der Waals surface area (Å²) in [5.41, 5.74) is -0.0629. The van der Waals surface area contributed by atoms with Crippen LogP contribution in [0.25, 0.3) is 0 Å². The number of fused-ring (bicyclic) bond motifs is 1. The zero-order chi connectivity index (χ0) is 13.4. The fourth-order valence-electron chi connectivity index (χ4n) is 2.20. The lowest BCUT2D eigenvalue weighted by atomic mass is 10.0. The monoisotopic (exact) mass is 255 g/mol. The molecule has 0 aromatic heterocycles. The average Bonchev–Trinajstić information content (AvgIpc) is 2.58. The zero-order valence-electron chi connectivity index (χ0n) is 9.75. The van der Waals surface area contributed by atoms with Gasteiger partial charge in [0.05, 0.1) is 12.0 Å². The topological polar surface area (TPSA) is 104 Å². The van der Waals surface area contributed by atoms with Gasteiger partial charge in [-0.3, -0.25) is 9.69 Å². The molecule has 0 aliphatic carbocycles. The molecule has 2 rings (SSSR count). The molecule has 0 aromatic carbocycles. The highest BCUT2D eigenvalue weighted by atomic mass is 16.5. The fourth-order valence-corrected chi connectivity index (χ4v) is 2.20. The Morgan fingerprint density at radius 2 is 2.11 bits per heavy atom. The van der Waals surface area contributed by atoms with Gasteiger partial charge in [0.1, 0.15) is 5.76 Å². The minimum absolute atomic E-state index is 0.0629. The van der Waals surface area contributed by atoms with E-state index in [2.05, 4.69) is 0 Å². The number of ether oxygens (including phenoxy) is 1. The van der Waals surface area contributed by atoms with E-state index in [-0.39, 0.29) is 30.1 Å². The normalized spacial score (nSPS) is 28.3. The molecule has 18 heavy (non-hydrogen) atoms. The number of hydrogen-bond acceptors (Lipinski definition) is 4. The Bertz CT molecular complexity index is 454. The third kappa shape index (κ3) is 1.71. The molecule has 2 N–H and O–H groups in total. The molecule has 0 spiro atoms. The Labute approximate surface area is 103 Å². The summed E-state index contributed by atoms with van der Waals surface area (Å²) in [5, 5.41) is 18.2. The van der Waals surface area contributed by atoms with Crippen LogP contribution >= 0.6 is 0 Å². The van der Waals surface area contributed by atoms with E-state index >= 15 is 0 Å². The van der Waals surface area contributed by atoms with Crippen LogP contribution in [0.4, 0.5) is 0 Å². The number of β-lactam (4-membered cyclic amide) rings is 1. The molecule has 7 heteroatoms. The Hall–Kier alpha value is -2.05. The molecular weight excluding hydrogens is 242 g/mol. The summed E-state index contributed by atoms with van der Waals surface area (Å²) in [7, 11) is 0. The maximum atomic E-state index is 11.3. The van der Waals surface area contributed by atoms with Gasteiger partial charge in [-0.25, -0.2) is 9.59 Å². The molecule has 0 radical (unpaired) electrons. The van der Waals surface area contributed by atoms with Gasteiger partial charge < -0.3 is 14.9 Å². The number of amides is 1. The fraction of sp³-hybridized carbons (Fsp3) is 0.545. The number of nitrogens with zero attached hydrogens (tertiary/aromatic N) is 1. The van der Waals surface area contributed by atoms with Gasteiger partial charge in [-0.2, -0.15) is 0 Å². The van der Waals surface area contributed by atoms with Crippen LogP contribution in [0.5, 0.6) is 0 Å². The van der Waals surface area contributed by atoms with E-state index in [0.29, 0.717) is 6.42 Å². The van der Waals surface area contributed by atoms with Crippen molar-refractivity contribution >= 4 is 17.8 Å². The standard InChI is InChI=1S/C11H13NO6/c1-2-3-5(10(14)15)9-8(11(16)17)12-6(13)4-7(12)18-9/h7-8H,2-4H2,1H3,(H,14,15)(H,16,17)/b9-5+/t7-,8?/m1/s1. The molecule has 98 valence electrons. The molecule has 0 aromatic rings. The highest BCUT2D eigenvalue weighted by Crippen LogP contribution is 2.38. The second kappa shape index (κ2) is 4.32. The molecule has 1 amide bonds. The smallest absolute Gasteiger partial charge is 0.335 e. The van der Waals surface area contributed by atoms with Crippen molar-refractivity contribution in [2.24, 2.45) is 0 Å². The van der Waals surface area contributed by atoms with E-state index in [4.69, 9.17) is 14.9 Å². The second-order valence-electron chi connectivity index (χ2n) is 4.22. The van der Waals surface area contributed by atoms with E-state index < -0.39 is 24.2 Å². The summed E-state index contributed by atoms with van der Waals surface area (Å²) >= 11 is 0. The van der Waals surface area contributed by atoms with Gasteiger partial charge in [-0.1, -0.05) is 13.3 Å². The summed E-state index contributed by atoms with van der Waals surface area (Å²) in [5.74, 6) is -2.90. The summed E-state index contributed by atoms with van der Waals surface area (Å²) in [6.45, 7) is 1.79. The highest BCUT2D eigenvalue weighted by molar-refractivity contribution is 5.94. The van der Waals surface area contributed by atoms with E-state index in [1.165, 1.54) is 0 Å². The molecule has 1 unspecified atom stereocenters. The van der Waals surface area contributed by atoms with Gasteiger partial charge in [-0.15, -0.1) is 0 Å². The second-order valence-corrected chi connectivity index (χ2v) is 4.22. The third-order valence-corrected chi connectivity index (χ3v) is 3.03. The van der Waals surface area contributed by atoms with Crippen molar-refractivity contribution in [1.82, 2.24) is 4.90 Å². The molecule has 7 nitrogen and oxygen atoms in total. The highest BCUT2D eigenvalue weighted by Gasteiger charge is 2.55. The van der Waals surface area contributed by atoms with Crippen LogP contribution in [0.15, 0.2) is 11.3 Å². The first-order valence-electron chi connectivity index (χ1n) is 5.64. The molecule has 2 fully saturated rings. The van der Waals surface area contributed by atoms with Gasteiger partial charge in [0.25, 0.3) is 0 Å². The summed E-state index contributed by atoms with van der Waals surface area (Å²) < 4.78 is 5.30. The van der Waals surface area contributed by atoms with Crippen LogP contribution in [0.1, 0.15) is 26.2 Å². The molecule has 0 bridgehead atoms. The Morgan fingerprint density at radius 1 is 1.44 bits per heavy atom. The van der Waals surface area contributed by atoms with Crippen LogP contribution < -0.4 is 0 Å². The zero-order valence-corrected chi connectivity index (χ0v) is 9.75. The van der Waals surface area contributed by atoms with E-state index in [9.17, 15) is 14.4 Å². The largest absolute Gasteiger partial charge is 0.479 e. The number of carboxylic acid groups (broad SMARTS) is 2. The van der Waals surface area contributed by atoms with Crippen LogP contribution in [0, 0.1) is 0 Å². The molecule has 2 saturated heterocycles. The Morgan fingerprint density at radius 3 is 2.56 bits per heavy atom. The summed E-state index contributed by atoms with van der Waals surface area (Å²) in [4.78, 5) is 34.7. The van der Waals surface area contributed by atoms with Gasteiger partial charge in [-0.05, 0) is 6.42 Å². The number of rotatable bonds is 4. The van der Waals surface area contributed by atoms with Crippen molar-refractivity contribution in [3.8, 4) is 0 Å². The number of hydrogen-bond donors (Lipinski definition) is 2. The molecule has 0 saturated carbocycles. The maximum absolute atomic E-state index is 11.3. The van der Waals surface area contributed by atoms with Crippen molar-refractivity contribution in [3.05, 3.63) is 11.3 Å². The predicted molar refractivity (Wildman–Crippen MR) is 57.3 cm³/mol. The van der Waals surface area contributed by atoms with Crippen LogP contribution in [-0.2, 0) is 19.1 Å². The number of carbonyl (C=O) groups excluding carboxylic acids is 1. The van der Waals surface area contributed by atoms with Crippen molar-refractivity contribution in [2.75, 3.05) is 0 Å². The minimum Gasteiger partial charge on any atom is -0.479 e. The lowest BCUT2D eigenvalue weighted by Crippen LogP contribution is -2.54. The number of carbonyl (C=O) groups is 3. The maximum Gasteiger partial charge on any atom is 0.335 e. The molecule has 2 atom stereocenters. The minimum atomic E-state index is -1.30. The van der Waals surface area contributed by atoms with E-state index in [1.807, 2.05) is 0 Å². The van der Waals surface area contributed by atoms with Gasteiger partial charge in [0, 0.05) is 0 Å². The van der Waals surface area contributed by atoms with Crippen molar-refractivity contribution in [2.45, 2.75) is 38.5 Å². The summed E-state index contributed by atoms with van der Waals surface area (Å²) in [6.07, 6.45) is 0.245. The Balaban J connectivity index is 2.42. The van der Waals surface area contributed by atoms with Crippen molar-refractivity contribution in [1.29, 1.82) is 0 Å². The number of aliphatic carboxylic acids is 2. The lowest BCUT2D eigenvalue weighted by Gasteiger charge is -2.33. The molecular formula is C11H13NO6. The SMILES string of the molecule is CCC/C(C(=O)O)=C1\O[C@@H]2CC(=O)N2C1C(=O)O. The van der Waals surface area contributed by atoms with E-state index in [0.717, 1.165) is 4.90 Å². The van der Waals surface area contributed by atoms with Crippen molar-refractivity contribution < 1.29 is 29.3 Å². The average molecular weight is 255 g/mol. The first-order valence-corrected chi connectivity index (χ1v) is 5.64. The molecule has 2 aliphatic heterocycles. The Kier molecular flexibility index (Phi) is 2.98. The lowest BCUT2D eigenvalue weighted by molar-refractivity contribution is -0.163. The van der Waals surface area contributed by atoms with Gasteiger partial charge in [0.2, 0.25) is 5.91 Å². The quantitative estimate of drug-likeness (QED) is 0.548. The first-order chi connectivity index (χ1) is 8.47. The number of carboxylic acids is 2. The van der Waals surface area contributed by atoms with Crippen LogP contribution in [0.3, 0.4) is 0 Å². The molecule has 2 heterocycles. The van der Waals surface area contributed by atoms with Crippen LogP contribution in [-0.4, -0.2) is 45.2 Å². The molecule has 2 aliphatic rings. The summed E-state index contributed by atoms with van der Waals surface area (Å²) in [6, 6.07) is -1.30. The van der Waals surface area contributed by atoms with E-state index in [1.54, 1.807) is 6.92 Å². The van der Waals surface area contributed by atoms with Gasteiger partial charge in [0.15, 0.2) is 12.3 Å². The van der Waals surface area contributed by atoms with Gasteiger partial charge >= 0.3 is 11.9 Å². The first kappa shape index (κ1) is 12.4. The third-order valence-electron chi connectivity index (χ3n) is 3.03.